The van der Waals surface area contributed by atoms with Gasteiger partial charge in [-0.2, -0.15) is 0 Å². The van der Waals surface area contributed by atoms with E-state index in [1.54, 1.807) is 0 Å². The average Bonchev–Trinajstić information content (AvgIpc) is 3.12. The Morgan fingerprint density at radius 1 is 0.292 bits per heavy atom. The van der Waals surface area contributed by atoms with Crippen molar-refractivity contribution in [2.75, 3.05) is 32.7 Å². The van der Waals surface area contributed by atoms with Crippen LogP contribution in [0.2, 0.25) is 0 Å². The molecule has 0 amide bonds. The summed E-state index contributed by atoms with van der Waals surface area (Å²) in [6, 6.07) is 57.3. The molecule has 8 N–H and O–H groups in total. The molecule has 0 aromatic heterocycles. The van der Waals surface area contributed by atoms with Gasteiger partial charge >= 0.3 is 0 Å². The first-order valence-corrected chi connectivity index (χ1v) is 15.8. The monoisotopic (exact) mass is 624 g/mol. The third-order valence-electron chi connectivity index (χ3n) is 8.37. The molecule has 0 radical (unpaired) electrons. The third kappa shape index (κ3) is 6.10. The van der Waals surface area contributed by atoms with Gasteiger partial charge in [0.2, 0.25) is 0 Å². The summed E-state index contributed by atoms with van der Waals surface area (Å²) in [6.07, 6.45) is 0. The third-order valence-corrected chi connectivity index (χ3v) is 8.37. The lowest BCUT2D eigenvalue weighted by Crippen LogP contribution is -2.15. The second-order valence-electron chi connectivity index (χ2n) is 11.7. The first-order valence-electron chi connectivity index (χ1n) is 15.8. The Balaban J connectivity index is 1.58. The van der Waals surface area contributed by atoms with E-state index in [-0.39, 0.29) is 0 Å². The second-order valence-corrected chi connectivity index (χ2v) is 11.7. The second kappa shape index (κ2) is 13.0. The fourth-order valence-corrected chi connectivity index (χ4v) is 5.99. The maximum atomic E-state index is 6.17. The van der Waals surface area contributed by atoms with E-state index in [2.05, 4.69) is 70.5 Å². The molecule has 0 fully saturated rings. The van der Waals surface area contributed by atoms with Crippen LogP contribution in [0, 0.1) is 0 Å². The lowest BCUT2D eigenvalue weighted by molar-refractivity contribution is 1.26. The molecule has 6 nitrogen and oxygen atoms in total. The molecule has 0 aliphatic heterocycles. The molecule has 0 saturated heterocycles. The number of hydrogen-bond donors (Lipinski definition) is 4. The number of nitrogens with zero attached hydrogens (tertiary/aromatic N) is 2. The van der Waals surface area contributed by atoms with E-state index in [9.17, 15) is 0 Å². The van der Waals surface area contributed by atoms with E-state index in [1.807, 2.05) is 109 Å². The van der Waals surface area contributed by atoms with E-state index in [0.717, 1.165) is 56.4 Å². The molecule has 0 aliphatic rings. The number of nitrogens with two attached hydrogens (primary N) is 4. The van der Waals surface area contributed by atoms with Gasteiger partial charge in [-0.1, -0.05) is 60.7 Å². The fraction of sp³-hybridized carbons (Fsp3) is 0. The molecule has 7 aromatic rings. The predicted molar refractivity (Wildman–Crippen MR) is 204 cm³/mol. The van der Waals surface area contributed by atoms with Crippen LogP contribution in [-0.2, 0) is 0 Å². The molecule has 0 spiro atoms. The first kappa shape index (κ1) is 30.0. The molecule has 7 rings (SSSR count). The van der Waals surface area contributed by atoms with Gasteiger partial charge in [0.25, 0.3) is 0 Å². The lowest BCUT2D eigenvalue weighted by atomic mass is 9.93. The van der Waals surface area contributed by atoms with Crippen molar-refractivity contribution in [1.29, 1.82) is 0 Å². The highest BCUT2D eigenvalue weighted by atomic mass is 15.2. The molecular weight excluding hydrogens is 589 g/mol. The minimum absolute atomic E-state index is 0.697. The quantitative estimate of drug-likeness (QED) is 0.125. The number of benzene rings is 7. The predicted octanol–water partition coefficient (Wildman–Crippen LogP) is 10.3. The Kier molecular flexibility index (Phi) is 8.12. The Morgan fingerprint density at radius 3 is 0.792 bits per heavy atom. The van der Waals surface area contributed by atoms with E-state index >= 15 is 0 Å². The van der Waals surface area contributed by atoms with E-state index in [0.29, 0.717) is 22.7 Å². The molecule has 0 aliphatic carbocycles. The Hall–Kier alpha value is -6.66. The summed E-state index contributed by atoms with van der Waals surface area (Å²) in [5.41, 5.74) is 37.5. The summed E-state index contributed by atoms with van der Waals surface area (Å²) in [5, 5.41) is 0. The van der Waals surface area contributed by atoms with Gasteiger partial charge in [0.05, 0.1) is 11.4 Å². The minimum atomic E-state index is 0.697. The van der Waals surface area contributed by atoms with Crippen LogP contribution in [0.1, 0.15) is 0 Å². The van der Waals surface area contributed by atoms with Gasteiger partial charge in [0.1, 0.15) is 0 Å². The van der Waals surface area contributed by atoms with Crippen molar-refractivity contribution in [3.8, 4) is 22.3 Å². The maximum Gasteiger partial charge on any atom is 0.0547 e. The Bertz CT molecular complexity index is 1880. The van der Waals surface area contributed by atoms with Crippen LogP contribution in [0.3, 0.4) is 0 Å². The largest absolute Gasteiger partial charge is 0.399 e. The van der Waals surface area contributed by atoms with Crippen LogP contribution >= 0.6 is 0 Å². The van der Waals surface area contributed by atoms with Gasteiger partial charge < -0.3 is 32.7 Å². The SMILES string of the molecule is Nc1ccc(N(c2ccc(N)cc2)c2cc(-c3ccccc3)c(N(c3ccc(N)cc3)c3ccc(N)cc3)cc2-c2ccccc2)cc1. The van der Waals surface area contributed by atoms with Crippen LogP contribution < -0.4 is 32.7 Å². The molecule has 6 heteroatoms. The van der Waals surface area contributed by atoms with Crippen LogP contribution in [0.25, 0.3) is 22.3 Å². The topological polar surface area (TPSA) is 111 Å². The van der Waals surface area contributed by atoms with E-state index < -0.39 is 0 Å². The van der Waals surface area contributed by atoms with Crippen molar-refractivity contribution >= 4 is 56.9 Å². The summed E-state index contributed by atoms with van der Waals surface area (Å²) < 4.78 is 0. The molecule has 0 bridgehead atoms. The van der Waals surface area contributed by atoms with Crippen molar-refractivity contribution in [2.45, 2.75) is 0 Å². The number of nitrogen functional groups attached to an aromatic ring is 4. The molecule has 0 atom stereocenters. The summed E-state index contributed by atoms with van der Waals surface area (Å²) in [6.45, 7) is 0. The number of anilines is 10. The molecule has 0 saturated carbocycles. The van der Waals surface area contributed by atoms with E-state index in [1.165, 1.54) is 0 Å². The van der Waals surface area contributed by atoms with Crippen molar-refractivity contribution in [2.24, 2.45) is 0 Å². The van der Waals surface area contributed by atoms with Crippen molar-refractivity contribution in [3.05, 3.63) is 170 Å². The normalized spacial score (nSPS) is 10.8. The van der Waals surface area contributed by atoms with Gasteiger partial charge in [-0.15, -0.1) is 0 Å². The highest BCUT2D eigenvalue weighted by Crippen LogP contribution is 2.49. The highest BCUT2D eigenvalue weighted by Gasteiger charge is 2.24. The van der Waals surface area contributed by atoms with Crippen LogP contribution in [0.5, 0.6) is 0 Å². The highest BCUT2D eigenvalue weighted by molar-refractivity contribution is 5.98. The number of hydrogen-bond acceptors (Lipinski definition) is 6. The maximum absolute atomic E-state index is 6.17. The van der Waals surface area contributed by atoms with Gasteiger partial charge in [0.15, 0.2) is 0 Å². The summed E-state index contributed by atoms with van der Waals surface area (Å²) in [4.78, 5) is 4.52. The fourth-order valence-electron chi connectivity index (χ4n) is 5.99. The standard InChI is InChI=1S/C42H36N6/c43-31-11-19-35(20-12-31)47(36-21-13-32(44)14-22-36)41-28-40(30-9-5-2-6-10-30)42(27-39(41)29-7-3-1-4-8-29)48(37-23-15-33(45)16-24-37)38-25-17-34(46)18-26-38/h1-28H,43-46H2. The van der Waals surface area contributed by atoms with Gasteiger partial charge in [-0.3, -0.25) is 0 Å². The van der Waals surface area contributed by atoms with Crippen LogP contribution in [0.15, 0.2) is 170 Å². The zero-order valence-corrected chi connectivity index (χ0v) is 26.4. The van der Waals surface area contributed by atoms with Crippen LogP contribution in [-0.4, -0.2) is 0 Å². The van der Waals surface area contributed by atoms with Crippen molar-refractivity contribution in [1.82, 2.24) is 0 Å². The van der Waals surface area contributed by atoms with E-state index in [4.69, 9.17) is 22.9 Å². The molecule has 234 valence electrons. The molecule has 48 heavy (non-hydrogen) atoms. The molecular formula is C42H36N6. The zero-order valence-electron chi connectivity index (χ0n) is 26.4. The average molecular weight is 625 g/mol. The summed E-state index contributed by atoms with van der Waals surface area (Å²) in [7, 11) is 0. The Morgan fingerprint density at radius 2 is 0.542 bits per heavy atom. The summed E-state index contributed by atoms with van der Waals surface area (Å²) >= 11 is 0. The summed E-state index contributed by atoms with van der Waals surface area (Å²) in [5.74, 6) is 0. The first-order chi connectivity index (χ1) is 23.4. The molecule has 0 heterocycles. The number of rotatable bonds is 8. The van der Waals surface area contributed by atoms with Crippen molar-refractivity contribution in [3.63, 3.8) is 0 Å². The Labute approximate surface area is 281 Å². The van der Waals surface area contributed by atoms with Crippen molar-refractivity contribution < 1.29 is 0 Å². The minimum Gasteiger partial charge on any atom is -0.399 e. The molecule has 7 aromatic carbocycles. The lowest BCUT2D eigenvalue weighted by Gasteiger charge is -2.33. The smallest absolute Gasteiger partial charge is 0.0547 e. The van der Waals surface area contributed by atoms with Gasteiger partial charge in [-0.05, 0) is 120 Å². The van der Waals surface area contributed by atoms with Gasteiger partial charge in [0, 0.05) is 56.6 Å². The van der Waals surface area contributed by atoms with Gasteiger partial charge in [-0.25, -0.2) is 0 Å². The van der Waals surface area contributed by atoms with Crippen LogP contribution in [0.4, 0.5) is 56.9 Å². The molecule has 0 unspecified atom stereocenters. The zero-order chi connectivity index (χ0) is 33.0.